The summed E-state index contributed by atoms with van der Waals surface area (Å²) >= 11 is 5.79. The van der Waals surface area contributed by atoms with E-state index in [0.717, 1.165) is 16.7 Å². The van der Waals surface area contributed by atoms with Crippen molar-refractivity contribution in [3.05, 3.63) is 69.0 Å². The normalized spacial score (nSPS) is 10.7. The third kappa shape index (κ3) is 3.22. The Labute approximate surface area is 136 Å². The number of nitro groups is 1. The van der Waals surface area contributed by atoms with E-state index in [1.807, 2.05) is 31.2 Å². The van der Waals surface area contributed by atoms with Crippen molar-refractivity contribution in [2.24, 2.45) is 0 Å². The fourth-order valence-electron chi connectivity index (χ4n) is 2.16. The molecule has 0 unspecified atom stereocenters. The minimum Gasteiger partial charge on any atom is -0.480 e. The maximum Gasteiger partial charge on any atom is 0.312 e. The van der Waals surface area contributed by atoms with Crippen molar-refractivity contribution in [2.75, 3.05) is 0 Å². The number of nitrogens with zero attached hydrogens (tertiary/aromatic N) is 3. The standard InChI is InChI=1S/C16H12ClN3O3/c1-10-14(19-13-5-3-2-4-12(13)18-10)9-23-16-7-6-11(17)8-15(16)20(21)22/h2-8H,9H2,1H3. The number of ether oxygens (including phenoxy) is 1. The van der Waals surface area contributed by atoms with Gasteiger partial charge >= 0.3 is 5.69 Å². The van der Waals surface area contributed by atoms with E-state index in [2.05, 4.69) is 9.97 Å². The highest BCUT2D eigenvalue weighted by Gasteiger charge is 2.16. The van der Waals surface area contributed by atoms with E-state index in [4.69, 9.17) is 16.3 Å². The SMILES string of the molecule is Cc1nc2ccccc2nc1COc1ccc(Cl)cc1[N+](=O)[O-]. The van der Waals surface area contributed by atoms with Gasteiger partial charge in [0.15, 0.2) is 5.75 Å². The zero-order valence-corrected chi connectivity index (χ0v) is 12.9. The van der Waals surface area contributed by atoms with Crippen LogP contribution in [0.1, 0.15) is 11.4 Å². The fraction of sp³-hybridized carbons (Fsp3) is 0.125. The summed E-state index contributed by atoms with van der Waals surface area (Å²) in [6.45, 7) is 1.92. The summed E-state index contributed by atoms with van der Waals surface area (Å²) in [5, 5.41) is 11.3. The number of hydrogen-bond acceptors (Lipinski definition) is 5. The van der Waals surface area contributed by atoms with Crippen molar-refractivity contribution in [2.45, 2.75) is 13.5 Å². The maximum absolute atomic E-state index is 11.1. The number of nitro benzene ring substituents is 1. The van der Waals surface area contributed by atoms with E-state index in [1.165, 1.54) is 12.1 Å². The van der Waals surface area contributed by atoms with Gasteiger partial charge in [-0.2, -0.15) is 0 Å². The van der Waals surface area contributed by atoms with Gasteiger partial charge in [-0.3, -0.25) is 10.1 Å². The van der Waals surface area contributed by atoms with E-state index in [0.29, 0.717) is 5.69 Å². The van der Waals surface area contributed by atoms with Gasteiger partial charge in [0.1, 0.15) is 6.61 Å². The monoisotopic (exact) mass is 329 g/mol. The molecule has 0 saturated carbocycles. The molecule has 3 aromatic rings. The minimum absolute atomic E-state index is 0.0894. The number of hydrogen-bond donors (Lipinski definition) is 0. The molecule has 0 aliphatic heterocycles. The highest BCUT2D eigenvalue weighted by atomic mass is 35.5. The highest BCUT2D eigenvalue weighted by molar-refractivity contribution is 6.30. The fourth-order valence-corrected chi connectivity index (χ4v) is 2.33. The van der Waals surface area contributed by atoms with Crippen LogP contribution in [0.3, 0.4) is 0 Å². The lowest BCUT2D eigenvalue weighted by molar-refractivity contribution is -0.385. The zero-order chi connectivity index (χ0) is 16.4. The molecule has 23 heavy (non-hydrogen) atoms. The first-order valence-electron chi connectivity index (χ1n) is 6.83. The van der Waals surface area contributed by atoms with Gasteiger partial charge in [-0.25, -0.2) is 9.97 Å². The Morgan fingerprint density at radius 2 is 1.87 bits per heavy atom. The molecule has 0 radical (unpaired) electrons. The Morgan fingerprint density at radius 1 is 1.17 bits per heavy atom. The molecule has 0 aliphatic carbocycles. The molecule has 116 valence electrons. The van der Waals surface area contributed by atoms with Gasteiger partial charge in [-0.05, 0) is 31.2 Å². The van der Waals surface area contributed by atoms with Gasteiger partial charge in [-0.15, -0.1) is 0 Å². The number of aromatic nitrogens is 2. The number of para-hydroxylation sites is 2. The Kier molecular flexibility index (Phi) is 4.08. The molecule has 0 saturated heterocycles. The Hall–Kier alpha value is -2.73. The summed E-state index contributed by atoms with van der Waals surface area (Å²) in [6.07, 6.45) is 0. The largest absolute Gasteiger partial charge is 0.480 e. The molecule has 0 bridgehead atoms. The average Bonchev–Trinajstić information content (AvgIpc) is 2.53. The van der Waals surface area contributed by atoms with Crippen LogP contribution in [0, 0.1) is 17.0 Å². The number of fused-ring (bicyclic) bond motifs is 1. The van der Waals surface area contributed by atoms with Crippen molar-refractivity contribution in [3.8, 4) is 5.75 Å². The molecule has 3 rings (SSSR count). The second-order valence-electron chi connectivity index (χ2n) is 4.90. The first kappa shape index (κ1) is 15.2. The molecule has 1 aromatic heterocycles. The summed E-state index contributed by atoms with van der Waals surface area (Å²) in [6, 6.07) is 11.8. The Bertz CT molecular complexity index is 899. The molecular weight excluding hydrogens is 318 g/mol. The molecule has 1 heterocycles. The molecule has 0 amide bonds. The second-order valence-corrected chi connectivity index (χ2v) is 5.34. The van der Waals surface area contributed by atoms with Crippen LogP contribution < -0.4 is 4.74 Å². The average molecular weight is 330 g/mol. The van der Waals surface area contributed by atoms with E-state index < -0.39 is 4.92 Å². The molecule has 0 N–H and O–H groups in total. The number of rotatable bonds is 4. The van der Waals surface area contributed by atoms with Crippen LogP contribution in [-0.2, 0) is 6.61 Å². The lowest BCUT2D eigenvalue weighted by Gasteiger charge is -2.09. The van der Waals surface area contributed by atoms with Crippen molar-refractivity contribution < 1.29 is 9.66 Å². The number of benzene rings is 2. The first-order valence-corrected chi connectivity index (χ1v) is 7.21. The van der Waals surface area contributed by atoms with Crippen LogP contribution in [0.2, 0.25) is 5.02 Å². The van der Waals surface area contributed by atoms with Gasteiger partial charge in [0.2, 0.25) is 0 Å². The Balaban J connectivity index is 1.89. The quantitative estimate of drug-likeness (QED) is 0.532. The van der Waals surface area contributed by atoms with E-state index in [-0.39, 0.29) is 23.1 Å². The third-order valence-electron chi connectivity index (χ3n) is 3.33. The molecular formula is C16H12ClN3O3. The second kappa shape index (κ2) is 6.18. The molecule has 0 spiro atoms. The predicted octanol–water partition coefficient (Wildman–Crippen LogP) is 4.08. The van der Waals surface area contributed by atoms with Crippen molar-refractivity contribution in [1.29, 1.82) is 0 Å². The van der Waals surface area contributed by atoms with Crippen molar-refractivity contribution in [1.82, 2.24) is 9.97 Å². The zero-order valence-electron chi connectivity index (χ0n) is 12.2. The van der Waals surface area contributed by atoms with Crippen LogP contribution >= 0.6 is 11.6 Å². The van der Waals surface area contributed by atoms with E-state index in [1.54, 1.807) is 6.07 Å². The van der Waals surface area contributed by atoms with Crippen molar-refractivity contribution >= 4 is 28.3 Å². The smallest absolute Gasteiger partial charge is 0.312 e. The summed E-state index contributed by atoms with van der Waals surface area (Å²) in [4.78, 5) is 19.5. The van der Waals surface area contributed by atoms with Crippen molar-refractivity contribution in [3.63, 3.8) is 0 Å². The van der Waals surface area contributed by atoms with Crippen LogP contribution in [-0.4, -0.2) is 14.9 Å². The summed E-state index contributed by atoms with van der Waals surface area (Å²) in [5.41, 5.74) is 2.73. The Morgan fingerprint density at radius 3 is 2.57 bits per heavy atom. The summed E-state index contributed by atoms with van der Waals surface area (Å²) in [7, 11) is 0. The topological polar surface area (TPSA) is 78.2 Å². The minimum atomic E-state index is -0.528. The molecule has 0 atom stereocenters. The maximum atomic E-state index is 11.1. The van der Waals surface area contributed by atoms with Gasteiger partial charge in [-0.1, -0.05) is 23.7 Å². The molecule has 0 aliphatic rings. The molecule has 6 nitrogen and oxygen atoms in total. The summed E-state index contributed by atoms with van der Waals surface area (Å²) < 4.78 is 5.57. The summed E-state index contributed by atoms with van der Waals surface area (Å²) in [5.74, 6) is 0.147. The van der Waals surface area contributed by atoms with Gasteiger partial charge in [0.05, 0.1) is 27.3 Å². The molecule has 7 heteroatoms. The van der Waals surface area contributed by atoms with Crippen LogP contribution in [0.15, 0.2) is 42.5 Å². The van der Waals surface area contributed by atoms with Crippen LogP contribution in [0.4, 0.5) is 5.69 Å². The number of aryl methyl sites for hydroxylation is 1. The van der Waals surface area contributed by atoms with E-state index >= 15 is 0 Å². The van der Waals surface area contributed by atoms with Gasteiger partial charge in [0, 0.05) is 11.1 Å². The van der Waals surface area contributed by atoms with Gasteiger partial charge in [0.25, 0.3) is 0 Å². The number of halogens is 1. The lowest BCUT2D eigenvalue weighted by Crippen LogP contribution is -2.05. The van der Waals surface area contributed by atoms with E-state index in [9.17, 15) is 10.1 Å². The predicted molar refractivity (Wildman–Crippen MR) is 86.7 cm³/mol. The van der Waals surface area contributed by atoms with Crippen LogP contribution in [0.5, 0.6) is 5.75 Å². The highest BCUT2D eigenvalue weighted by Crippen LogP contribution is 2.30. The van der Waals surface area contributed by atoms with Gasteiger partial charge < -0.3 is 4.74 Å². The lowest BCUT2D eigenvalue weighted by atomic mass is 10.2. The molecule has 2 aromatic carbocycles. The first-order chi connectivity index (χ1) is 11.0. The molecule has 0 fully saturated rings. The third-order valence-corrected chi connectivity index (χ3v) is 3.56. The van der Waals surface area contributed by atoms with Crippen LogP contribution in [0.25, 0.3) is 11.0 Å².